The third-order valence-electron chi connectivity index (χ3n) is 2.76. The van der Waals surface area contributed by atoms with E-state index in [4.69, 9.17) is 4.74 Å². The van der Waals surface area contributed by atoms with Gasteiger partial charge in [-0.15, -0.1) is 5.54 Å². The number of carbonyl (C=O) groups is 1. The van der Waals surface area contributed by atoms with Crippen LogP contribution in [0.3, 0.4) is 0 Å². The molecule has 0 aliphatic rings. The van der Waals surface area contributed by atoms with Crippen molar-refractivity contribution in [2.24, 2.45) is 0 Å². The van der Waals surface area contributed by atoms with Gasteiger partial charge in [-0.3, -0.25) is 0 Å². The molecule has 23 heavy (non-hydrogen) atoms. The number of hydrogen-bond donors (Lipinski definition) is 0. The molecule has 0 N–H and O–H groups in total. The van der Waals surface area contributed by atoms with E-state index in [1.54, 1.807) is 0 Å². The van der Waals surface area contributed by atoms with Crippen molar-refractivity contribution in [3.05, 3.63) is 28.4 Å². The first-order valence-electron chi connectivity index (χ1n) is 7.41. The van der Waals surface area contributed by atoms with Gasteiger partial charge < -0.3 is 4.74 Å². The van der Waals surface area contributed by atoms with E-state index in [1.165, 1.54) is 4.68 Å². The predicted molar refractivity (Wildman–Crippen MR) is 99.3 cm³/mol. The first-order valence-corrected chi connectivity index (χ1v) is 11.7. The fourth-order valence-corrected chi connectivity index (χ4v) is 2.73. The lowest BCUT2D eigenvalue weighted by molar-refractivity contribution is 0.0522. The van der Waals surface area contributed by atoms with Crippen LogP contribution in [0.2, 0.25) is 19.6 Å². The number of fused-ring (bicyclic) bond motifs is 1. The second kappa shape index (κ2) is 6.14. The average molecular weight is 393 g/mol. The molecular weight excluding hydrogens is 372 g/mol. The van der Waals surface area contributed by atoms with Gasteiger partial charge in [0.25, 0.3) is 0 Å². The van der Waals surface area contributed by atoms with E-state index in [1.807, 2.05) is 39.0 Å². The molecule has 0 radical (unpaired) electrons. The van der Waals surface area contributed by atoms with Gasteiger partial charge in [0.2, 0.25) is 0 Å². The smallest absolute Gasteiger partial charge is 0.435 e. The molecule has 6 heteroatoms. The first-order chi connectivity index (χ1) is 10.5. The van der Waals surface area contributed by atoms with Crippen molar-refractivity contribution < 1.29 is 9.53 Å². The van der Waals surface area contributed by atoms with Crippen LogP contribution in [0.25, 0.3) is 10.9 Å². The van der Waals surface area contributed by atoms with Crippen LogP contribution in [0.4, 0.5) is 4.79 Å². The summed E-state index contributed by atoms with van der Waals surface area (Å²) < 4.78 is 7.65. The lowest BCUT2D eigenvalue weighted by atomic mass is 10.2. The van der Waals surface area contributed by atoms with Crippen LogP contribution in [0, 0.1) is 11.5 Å². The number of aromatic nitrogens is 2. The lowest BCUT2D eigenvalue weighted by Gasteiger charge is -2.19. The molecule has 0 atom stereocenters. The average Bonchev–Trinajstić information content (AvgIpc) is 2.71. The summed E-state index contributed by atoms with van der Waals surface area (Å²) in [6, 6.07) is 5.65. The van der Waals surface area contributed by atoms with Crippen molar-refractivity contribution >= 4 is 41.0 Å². The zero-order chi connectivity index (χ0) is 17.4. The van der Waals surface area contributed by atoms with Gasteiger partial charge >= 0.3 is 6.09 Å². The molecule has 122 valence electrons. The predicted octanol–water partition coefficient (Wildman–Crippen LogP) is 4.81. The summed E-state index contributed by atoms with van der Waals surface area (Å²) in [4.78, 5) is 12.4. The molecule has 0 spiro atoms. The Hall–Kier alpha value is -1.58. The molecule has 0 amide bonds. The summed E-state index contributed by atoms with van der Waals surface area (Å²) in [5, 5.41) is 5.23. The molecule has 0 saturated heterocycles. The number of nitrogens with zero attached hydrogens (tertiary/aromatic N) is 2. The molecule has 1 heterocycles. The number of benzene rings is 1. The van der Waals surface area contributed by atoms with Gasteiger partial charge in [0.15, 0.2) is 0 Å². The number of carbonyl (C=O) groups excluding carboxylic acids is 1. The SMILES string of the molecule is CC(C)(C)OC(=O)n1nc(C#C[Si](C)(C)C)c2cc(Br)ccc21. The Bertz CT molecular complexity index is 817. The van der Waals surface area contributed by atoms with Crippen molar-refractivity contribution in [3.8, 4) is 11.5 Å². The third-order valence-corrected chi connectivity index (χ3v) is 4.13. The summed E-state index contributed by atoms with van der Waals surface area (Å²) in [5.74, 6) is 3.14. The van der Waals surface area contributed by atoms with Gasteiger partial charge in [0, 0.05) is 9.86 Å². The van der Waals surface area contributed by atoms with Crippen molar-refractivity contribution in [2.45, 2.75) is 46.0 Å². The summed E-state index contributed by atoms with van der Waals surface area (Å²) in [6.07, 6.45) is -0.495. The standard InChI is InChI=1S/C17H21BrN2O2Si/c1-17(2,3)22-16(21)20-15-8-7-12(18)11-13(15)14(19-20)9-10-23(4,5)6/h7-8,11H,1-6H3. The fourth-order valence-electron chi connectivity index (χ4n) is 1.87. The van der Waals surface area contributed by atoms with Gasteiger partial charge in [-0.1, -0.05) is 41.5 Å². The Kier molecular flexibility index (Phi) is 4.74. The Labute approximate surface area is 146 Å². The van der Waals surface area contributed by atoms with Gasteiger partial charge in [0.1, 0.15) is 19.4 Å². The van der Waals surface area contributed by atoms with Crippen molar-refractivity contribution in [1.82, 2.24) is 9.78 Å². The zero-order valence-corrected chi connectivity index (χ0v) is 16.9. The number of halogens is 1. The van der Waals surface area contributed by atoms with Crippen molar-refractivity contribution in [1.29, 1.82) is 0 Å². The molecule has 2 aromatic rings. The lowest BCUT2D eigenvalue weighted by Crippen LogP contribution is -2.27. The Balaban J connectivity index is 2.59. The summed E-state index contributed by atoms with van der Waals surface area (Å²) in [6.45, 7) is 12.0. The van der Waals surface area contributed by atoms with Gasteiger partial charge in [-0.05, 0) is 39.0 Å². The highest BCUT2D eigenvalue weighted by Gasteiger charge is 2.22. The minimum Gasteiger partial charge on any atom is -0.442 e. The van der Waals surface area contributed by atoms with Crippen LogP contribution in [0.5, 0.6) is 0 Å². The highest BCUT2D eigenvalue weighted by Crippen LogP contribution is 2.24. The minimum absolute atomic E-state index is 0.495. The monoisotopic (exact) mass is 392 g/mol. The van der Waals surface area contributed by atoms with Crippen LogP contribution in [-0.2, 0) is 4.74 Å². The van der Waals surface area contributed by atoms with E-state index in [-0.39, 0.29) is 0 Å². The largest absolute Gasteiger partial charge is 0.442 e. The second-order valence-corrected chi connectivity index (χ2v) is 13.1. The fraction of sp³-hybridized carbons (Fsp3) is 0.412. The topological polar surface area (TPSA) is 44.1 Å². The summed E-state index contributed by atoms with van der Waals surface area (Å²) in [5.41, 5.74) is 4.02. The molecule has 2 rings (SSSR count). The van der Waals surface area contributed by atoms with Crippen molar-refractivity contribution in [2.75, 3.05) is 0 Å². The quantitative estimate of drug-likeness (QED) is 0.477. The summed E-state index contributed by atoms with van der Waals surface area (Å²) >= 11 is 3.46. The molecule has 4 nitrogen and oxygen atoms in total. The first kappa shape index (κ1) is 17.8. The third kappa shape index (κ3) is 4.69. The molecule has 0 fully saturated rings. The Morgan fingerprint density at radius 1 is 1.30 bits per heavy atom. The van der Waals surface area contributed by atoms with Crippen LogP contribution < -0.4 is 0 Å². The normalized spacial score (nSPS) is 12.0. The van der Waals surface area contributed by atoms with E-state index >= 15 is 0 Å². The highest BCUT2D eigenvalue weighted by atomic mass is 79.9. The molecular formula is C17H21BrN2O2Si. The van der Waals surface area contributed by atoms with E-state index < -0.39 is 19.8 Å². The van der Waals surface area contributed by atoms with Crippen LogP contribution in [0.15, 0.2) is 22.7 Å². The van der Waals surface area contributed by atoms with Gasteiger partial charge in [-0.2, -0.15) is 9.78 Å². The van der Waals surface area contributed by atoms with E-state index in [0.717, 1.165) is 9.86 Å². The molecule has 0 aliphatic carbocycles. The maximum absolute atomic E-state index is 12.4. The Morgan fingerprint density at radius 3 is 2.52 bits per heavy atom. The van der Waals surface area contributed by atoms with E-state index in [2.05, 4.69) is 52.1 Å². The maximum atomic E-state index is 12.4. The molecule has 1 aromatic carbocycles. The van der Waals surface area contributed by atoms with Gasteiger partial charge in [-0.25, -0.2) is 4.79 Å². The molecule has 0 aliphatic heterocycles. The molecule has 0 saturated carbocycles. The Morgan fingerprint density at radius 2 is 1.96 bits per heavy atom. The van der Waals surface area contributed by atoms with Gasteiger partial charge in [0.05, 0.1) is 5.52 Å². The van der Waals surface area contributed by atoms with E-state index in [0.29, 0.717) is 11.2 Å². The molecule has 0 bridgehead atoms. The number of rotatable bonds is 0. The van der Waals surface area contributed by atoms with Crippen LogP contribution >= 0.6 is 15.9 Å². The minimum atomic E-state index is -1.54. The molecule has 0 unspecified atom stereocenters. The van der Waals surface area contributed by atoms with Crippen LogP contribution in [0.1, 0.15) is 26.5 Å². The van der Waals surface area contributed by atoms with E-state index in [9.17, 15) is 4.79 Å². The van der Waals surface area contributed by atoms with Crippen LogP contribution in [-0.4, -0.2) is 29.5 Å². The zero-order valence-electron chi connectivity index (χ0n) is 14.3. The highest BCUT2D eigenvalue weighted by molar-refractivity contribution is 9.10. The number of hydrogen-bond acceptors (Lipinski definition) is 3. The number of ether oxygens (including phenoxy) is 1. The van der Waals surface area contributed by atoms with Crippen molar-refractivity contribution in [3.63, 3.8) is 0 Å². The maximum Gasteiger partial charge on any atom is 0.435 e. The summed E-state index contributed by atoms with van der Waals surface area (Å²) in [7, 11) is -1.54. The molecule has 1 aromatic heterocycles. The second-order valence-electron chi connectivity index (χ2n) is 7.40.